The second-order valence-electron chi connectivity index (χ2n) is 4.39. The summed E-state index contributed by atoms with van der Waals surface area (Å²) in [6, 6.07) is 7.28. The van der Waals surface area contributed by atoms with E-state index in [4.69, 9.17) is 0 Å². The maximum Gasteiger partial charge on any atom is 0.330 e. The molecule has 0 N–H and O–H groups in total. The molecule has 0 aliphatic carbocycles. The second-order valence-corrected chi connectivity index (χ2v) is 4.39. The third-order valence-electron chi connectivity index (χ3n) is 2.94. The van der Waals surface area contributed by atoms with E-state index in [-0.39, 0.29) is 5.97 Å². The van der Waals surface area contributed by atoms with Gasteiger partial charge in [-0.25, -0.2) is 4.79 Å². The van der Waals surface area contributed by atoms with Gasteiger partial charge in [-0.05, 0) is 30.0 Å². The van der Waals surface area contributed by atoms with Crippen LogP contribution in [0, 0.1) is 0 Å². The van der Waals surface area contributed by atoms with Crippen LogP contribution in [-0.4, -0.2) is 19.4 Å². The molecule has 0 unspecified atom stereocenters. The van der Waals surface area contributed by atoms with E-state index in [1.807, 2.05) is 12.1 Å². The number of esters is 1. The van der Waals surface area contributed by atoms with Crippen LogP contribution in [-0.2, 0) is 9.53 Å². The lowest BCUT2D eigenvalue weighted by Gasteiger charge is -2.08. The Balaban J connectivity index is 2.96. The van der Waals surface area contributed by atoms with Gasteiger partial charge < -0.3 is 4.74 Å². The number of allylic oxidation sites excluding steroid dienone is 1. The fraction of sp³-hybridized carbons (Fsp3) is 0.375. The highest BCUT2D eigenvalue weighted by Gasteiger charge is 2.06. The number of carbonyl (C=O) groups excluding carboxylic acids is 2. The molecule has 0 aliphatic heterocycles. The number of carbonyl (C=O) groups is 2. The number of ether oxygens (including phenoxy) is 1. The molecule has 0 spiro atoms. The number of rotatable bonds is 7. The van der Waals surface area contributed by atoms with Gasteiger partial charge in [-0.2, -0.15) is 0 Å². The highest BCUT2D eigenvalue weighted by molar-refractivity contribution is 5.92. The molecule has 0 aromatic heterocycles. The zero-order valence-electron chi connectivity index (χ0n) is 11.5. The van der Waals surface area contributed by atoms with Gasteiger partial charge in [0.1, 0.15) is 6.29 Å². The van der Waals surface area contributed by atoms with Crippen molar-refractivity contribution in [2.75, 3.05) is 7.11 Å². The third kappa shape index (κ3) is 5.08. The van der Waals surface area contributed by atoms with E-state index in [2.05, 4.69) is 11.7 Å². The molecule has 1 aromatic carbocycles. The normalized spacial score (nSPS) is 11.2. The lowest BCUT2D eigenvalue weighted by atomic mass is 9.98. The summed E-state index contributed by atoms with van der Waals surface area (Å²) in [5.74, 6) is -0.358. The summed E-state index contributed by atoms with van der Waals surface area (Å²) in [4.78, 5) is 22.2. The molecular formula is C16H20O3. The average molecular weight is 260 g/mol. The predicted octanol–water partition coefficient (Wildman–Crippen LogP) is 3.64. The lowest BCUT2D eigenvalue weighted by molar-refractivity contribution is -0.134. The minimum Gasteiger partial charge on any atom is -0.466 e. The summed E-state index contributed by atoms with van der Waals surface area (Å²) in [5, 5.41) is 0. The van der Waals surface area contributed by atoms with Gasteiger partial charge in [0, 0.05) is 11.6 Å². The van der Waals surface area contributed by atoms with E-state index >= 15 is 0 Å². The largest absolute Gasteiger partial charge is 0.466 e. The number of hydrogen-bond acceptors (Lipinski definition) is 3. The zero-order valence-corrected chi connectivity index (χ0v) is 11.5. The van der Waals surface area contributed by atoms with Crippen molar-refractivity contribution in [3.8, 4) is 0 Å². The Labute approximate surface area is 114 Å². The van der Waals surface area contributed by atoms with Crippen LogP contribution in [0.1, 0.15) is 48.5 Å². The Bertz CT molecular complexity index is 461. The van der Waals surface area contributed by atoms with Crippen molar-refractivity contribution < 1.29 is 14.3 Å². The number of benzene rings is 1. The van der Waals surface area contributed by atoms with Crippen LogP contribution in [0.4, 0.5) is 0 Å². The molecule has 0 fully saturated rings. The van der Waals surface area contributed by atoms with Gasteiger partial charge >= 0.3 is 5.97 Å². The van der Waals surface area contributed by atoms with E-state index in [1.165, 1.54) is 13.2 Å². The molecule has 3 nitrogen and oxygen atoms in total. The van der Waals surface area contributed by atoms with Crippen molar-refractivity contribution in [3.63, 3.8) is 0 Å². The van der Waals surface area contributed by atoms with Crippen LogP contribution in [0.3, 0.4) is 0 Å². The Hall–Kier alpha value is -1.90. The first-order valence-corrected chi connectivity index (χ1v) is 6.55. The number of unbranched alkanes of at least 4 members (excludes halogenated alkanes) is 2. The predicted molar refractivity (Wildman–Crippen MR) is 76.0 cm³/mol. The van der Waals surface area contributed by atoms with Crippen molar-refractivity contribution in [1.29, 1.82) is 0 Å². The SMILES string of the molecule is CCCCC/C(=C\C(=O)OC)c1cccc(C=O)c1. The quantitative estimate of drug-likeness (QED) is 0.325. The summed E-state index contributed by atoms with van der Waals surface area (Å²) in [7, 11) is 1.37. The lowest BCUT2D eigenvalue weighted by Crippen LogP contribution is -1.98. The third-order valence-corrected chi connectivity index (χ3v) is 2.94. The molecule has 0 saturated carbocycles. The summed E-state index contributed by atoms with van der Waals surface area (Å²) >= 11 is 0. The molecule has 0 bridgehead atoms. The number of methoxy groups -OCH3 is 1. The smallest absolute Gasteiger partial charge is 0.330 e. The molecule has 0 aliphatic rings. The first-order valence-electron chi connectivity index (χ1n) is 6.55. The van der Waals surface area contributed by atoms with Gasteiger partial charge in [0.15, 0.2) is 0 Å². The first kappa shape index (κ1) is 15.2. The molecule has 1 aromatic rings. The molecular weight excluding hydrogens is 240 g/mol. The summed E-state index contributed by atoms with van der Waals surface area (Å²) in [6.45, 7) is 2.14. The maximum absolute atomic E-state index is 11.4. The highest BCUT2D eigenvalue weighted by atomic mass is 16.5. The van der Waals surface area contributed by atoms with Crippen LogP contribution >= 0.6 is 0 Å². The topological polar surface area (TPSA) is 43.4 Å². The van der Waals surface area contributed by atoms with E-state index in [9.17, 15) is 9.59 Å². The second kappa shape index (κ2) is 8.25. The fourth-order valence-electron chi connectivity index (χ4n) is 1.88. The molecule has 0 atom stereocenters. The minimum atomic E-state index is -0.358. The first-order chi connectivity index (χ1) is 9.21. The van der Waals surface area contributed by atoms with Crippen LogP contribution in [0.5, 0.6) is 0 Å². The van der Waals surface area contributed by atoms with Gasteiger partial charge in [-0.3, -0.25) is 4.79 Å². The molecule has 0 radical (unpaired) electrons. The molecule has 3 heteroatoms. The average Bonchev–Trinajstić information content (AvgIpc) is 2.46. The summed E-state index contributed by atoms with van der Waals surface area (Å²) in [5.41, 5.74) is 2.44. The van der Waals surface area contributed by atoms with E-state index in [0.29, 0.717) is 5.56 Å². The van der Waals surface area contributed by atoms with Crippen molar-refractivity contribution >= 4 is 17.8 Å². The van der Waals surface area contributed by atoms with Gasteiger partial charge in [0.25, 0.3) is 0 Å². The Morgan fingerprint density at radius 1 is 1.32 bits per heavy atom. The Morgan fingerprint density at radius 2 is 2.11 bits per heavy atom. The van der Waals surface area contributed by atoms with E-state index < -0.39 is 0 Å². The monoisotopic (exact) mass is 260 g/mol. The number of hydrogen-bond donors (Lipinski definition) is 0. The Morgan fingerprint density at radius 3 is 2.74 bits per heavy atom. The van der Waals surface area contributed by atoms with Crippen LogP contribution in [0.2, 0.25) is 0 Å². The maximum atomic E-state index is 11.4. The molecule has 0 heterocycles. The van der Waals surface area contributed by atoms with Crippen LogP contribution in [0.15, 0.2) is 30.3 Å². The summed E-state index contributed by atoms with van der Waals surface area (Å²) in [6.07, 6.45) is 6.40. The fourth-order valence-corrected chi connectivity index (χ4v) is 1.88. The van der Waals surface area contributed by atoms with Gasteiger partial charge in [0.2, 0.25) is 0 Å². The standard InChI is InChI=1S/C16H20O3/c1-3-4-5-8-15(11-16(18)19-2)14-9-6-7-13(10-14)12-17/h6-7,9-12H,3-5,8H2,1-2H3/b15-11+. The molecule has 0 saturated heterocycles. The molecule has 0 amide bonds. The molecule has 1 rings (SSSR count). The summed E-state index contributed by atoms with van der Waals surface area (Å²) < 4.78 is 4.68. The van der Waals surface area contributed by atoms with Crippen molar-refractivity contribution in [2.45, 2.75) is 32.6 Å². The van der Waals surface area contributed by atoms with Crippen molar-refractivity contribution in [1.82, 2.24) is 0 Å². The van der Waals surface area contributed by atoms with Crippen LogP contribution < -0.4 is 0 Å². The highest BCUT2D eigenvalue weighted by Crippen LogP contribution is 2.22. The Kier molecular flexibility index (Phi) is 6.58. The van der Waals surface area contributed by atoms with Gasteiger partial charge in [-0.1, -0.05) is 38.0 Å². The number of aldehydes is 1. The van der Waals surface area contributed by atoms with Crippen molar-refractivity contribution in [3.05, 3.63) is 41.5 Å². The van der Waals surface area contributed by atoms with Crippen LogP contribution in [0.25, 0.3) is 5.57 Å². The van der Waals surface area contributed by atoms with E-state index in [0.717, 1.165) is 43.1 Å². The molecule has 19 heavy (non-hydrogen) atoms. The van der Waals surface area contributed by atoms with Crippen molar-refractivity contribution in [2.24, 2.45) is 0 Å². The molecule has 102 valence electrons. The minimum absolute atomic E-state index is 0.358. The van der Waals surface area contributed by atoms with Gasteiger partial charge in [-0.15, -0.1) is 0 Å². The van der Waals surface area contributed by atoms with Gasteiger partial charge in [0.05, 0.1) is 7.11 Å². The van der Waals surface area contributed by atoms with E-state index in [1.54, 1.807) is 12.1 Å². The zero-order chi connectivity index (χ0) is 14.1.